The minimum Gasteiger partial charge on any atom is -0.444 e. The molecule has 1 aliphatic heterocycles. The van der Waals surface area contributed by atoms with Crippen molar-refractivity contribution >= 4 is 23.6 Å². The Labute approximate surface area is 239 Å². The van der Waals surface area contributed by atoms with Crippen LogP contribution in [0.1, 0.15) is 63.3 Å². The molecular formula is C29H33F6N3O4. The first-order valence-electron chi connectivity index (χ1n) is 13.3. The van der Waals surface area contributed by atoms with Crippen molar-refractivity contribution in [3.8, 4) is 0 Å². The molecule has 230 valence electrons. The number of anilines is 1. The summed E-state index contributed by atoms with van der Waals surface area (Å²) < 4.78 is 86.7. The number of alkyl halides is 6. The number of carbonyl (C=O) groups is 3. The number of ether oxygens (including phenoxy) is 1. The molecule has 0 saturated heterocycles. The van der Waals surface area contributed by atoms with E-state index in [1.807, 2.05) is 6.07 Å². The van der Waals surface area contributed by atoms with E-state index < -0.39 is 71.1 Å². The van der Waals surface area contributed by atoms with Crippen molar-refractivity contribution in [2.75, 3.05) is 4.90 Å². The van der Waals surface area contributed by atoms with Crippen LogP contribution in [0.25, 0.3) is 0 Å². The Bertz CT molecular complexity index is 1320. The molecule has 0 saturated carbocycles. The van der Waals surface area contributed by atoms with E-state index in [1.54, 1.807) is 32.0 Å². The van der Waals surface area contributed by atoms with Crippen LogP contribution >= 0.6 is 0 Å². The van der Waals surface area contributed by atoms with Gasteiger partial charge in [-0.2, -0.15) is 26.3 Å². The zero-order valence-electron chi connectivity index (χ0n) is 23.7. The number of benzene rings is 2. The van der Waals surface area contributed by atoms with Crippen molar-refractivity contribution in [3.63, 3.8) is 0 Å². The summed E-state index contributed by atoms with van der Waals surface area (Å²) in [6.07, 6.45) is -11.6. The first-order valence-corrected chi connectivity index (χ1v) is 13.3. The highest BCUT2D eigenvalue weighted by molar-refractivity contribution is 6.01. The standard InChI is InChI=1S/C29H33F6N3O4/c1-16(2)38-23-9-7-6-8-17(23)10-13-21(25(38)40)36-24(39)22(37-26(41)42-27(3,4)5)15-18-14-19(28(30,31)32)11-12-20(18)29(33,34)35/h6-9,11-12,14,16,21-22H,10,13,15H2,1-5H3,(H,36,39)(H,37,41)/t21-,22-/m1/s1. The van der Waals surface area contributed by atoms with Gasteiger partial charge in [0.05, 0.1) is 11.1 Å². The molecule has 0 aromatic heterocycles. The van der Waals surface area contributed by atoms with E-state index in [-0.39, 0.29) is 18.5 Å². The van der Waals surface area contributed by atoms with Crippen molar-refractivity contribution in [1.29, 1.82) is 0 Å². The number of halogens is 6. The van der Waals surface area contributed by atoms with Gasteiger partial charge in [-0.3, -0.25) is 9.59 Å². The number of aryl methyl sites for hydroxylation is 1. The highest BCUT2D eigenvalue weighted by atomic mass is 19.4. The molecule has 0 unspecified atom stereocenters. The smallest absolute Gasteiger partial charge is 0.416 e. The molecule has 3 amide bonds. The number of amides is 3. The number of para-hydroxylation sites is 1. The van der Waals surface area contributed by atoms with Crippen LogP contribution in [-0.4, -0.2) is 41.6 Å². The van der Waals surface area contributed by atoms with Crippen molar-refractivity contribution < 1.29 is 45.5 Å². The molecule has 0 fully saturated rings. The van der Waals surface area contributed by atoms with Crippen LogP contribution in [0, 0.1) is 0 Å². The van der Waals surface area contributed by atoms with Gasteiger partial charge in [-0.25, -0.2) is 4.79 Å². The van der Waals surface area contributed by atoms with Crippen molar-refractivity contribution in [2.24, 2.45) is 0 Å². The summed E-state index contributed by atoms with van der Waals surface area (Å²) in [5.74, 6) is -1.53. The number of alkyl carbamates (subject to hydrolysis) is 1. The third-order valence-corrected chi connectivity index (χ3v) is 6.49. The fraction of sp³-hybridized carbons (Fsp3) is 0.483. The molecule has 0 bridgehead atoms. The molecule has 0 radical (unpaired) electrons. The number of rotatable bonds is 6. The minimum atomic E-state index is -5.05. The Morgan fingerprint density at radius 2 is 1.64 bits per heavy atom. The summed E-state index contributed by atoms with van der Waals surface area (Å²) in [7, 11) is 0. The van der Waals surface area contributed by atoms with Crippen LogP contribution in [0.15, 0.2) is 42.5 Å². The van der Waals surface area contributed by atoms with Gasteiger partial charge in [0.1, 0.15) is 17.7 Å². The lowest BCUT2D eigenvalue weighted by Gasteiger charge is -2.30. The number of carbonyl (C=O) groups excluding carboxylic acids is 3. The third kappa shape index (κ3) is 8.16. The molecule has 3 rings (SSSR count). The SMILES string of the molecule is CC(C)N1C(=O)[C@H](NC(=O)[C@@H](Cc2cc(C(F)(F)F)ccc2C(F)(F)F)NC(=O)OC(C)(C)C)CCc2ccccc21. The molecule has 13 heteroatoms. The van der Waals surface area contributed by atoms with Gasteiger partial charge in [-0.1, -0.05) is 18.2 Å². The second kappa shape index (κ2) is 12.2. The fourth-order valence-corrected chi connectivity index (χ4v) is 4.70. The number of fused-ring (bicyclic) bond motifs is 1. The highest BCUT2D eigenvalue weighted by Gasteiger charge is 2.39. The number of nitrogens with zero attached hydrogens (tertiary/aromatic N) is 1. The molecule has 0 spiro atoms. The van der Waals surface area contributed by atoms with Gasteiger partial charge in [0, 0.05) is 18.2 Å². The fourth-order valence-electron chi connectivity index (χ4n) is 4.70. The molecule has 7 nitrogen and oxygen atoms in total. The third-order valence-electron chi connectivity index (χ3n) is 6.49. The summed E-state index contributed by atoms with van der Waals surface area (Å²) in [6, 6.07) is 4.79. The van der Waals surface area contributed by atoms with E-state index in [2.05, 4.69) is 10.6 Å². The topological polar surface area (TPSA) is 87.7 Å². The Morgan fingerprint density at radius 3 is 2.21 bits per heavy atom. The van der Waals surface area contributed by atoms with Crippen LogP contribution < -0.4 is 15.5 Å². The Balaban J connectivity index is 1.98. The van der Waals surface area contributed by atoms with Crippen LogP contribution in [-0.2, 0) is 39.5 Å². The number of nitrogens with one attached hydrogen (secondary N) is 2. The van der Waals surface area contributed by atoms with Gasteiger partial charge >= 0.3 is 18.4 Å². The zero-order chi connectivity index (χ0) is 31.6. The van der Waals surface area contributed by atoms with Gasteiger partial charge in [-0.05, 0) is 82.9 Å². The summed E-state index contributed by atoms with van der Waals surface area (Å²) in [4.78, 5) is 41.1. The molecule has 1 heterocycles. The maximum atomic E-state index is 13.8. The molecule has 2 aromatic carbocycles. The predicted octanol–water partition coefficient (Wildman–Crippen LogP) is 6.03. The van der Waals surface area contributed by atoms with Crippen molar-refractivity contribution in [3.05, 3.63) is 64.7 Å². The van der Waals surface area contributed by atoms with Crippen LogP contribution in [0.3, 0.4) is 0 Å². The van der Waals surface area contributed by atoms with Crippen LogP contribution in [0.5, 0.6) is 0 Å². The van der Waals surface area contributed by atoms with E-state index in [1.165, 1.54) is 25.7 Å². The van der Waals surface area contributed by atoms with Crippen molar-refractivity contribution in [2.45, 2.75) is 90.0 Å². The van der Waals surface area contributed by atoms with E-state index in [0.717, 1.165) is 5.56 Å². The average Bonchev–Trinajstić information content (AvgIpc) is 2.97. The predicted molar refractivity (Wildman–Crippen MR) is 143 cm³/mol. The first kappa shape index (κ1) is 32.7. The van der Waals surface area contributed by atoms with Crippen LogP contribution in [0.2, 0.25) is 0 Å². The molecule has 1 aliphatic rings. The normalized spacial score (nSPS) is 16.9. The van der Waals surface area contributed by atoms with Crippen LogP contribution in [0.4, 0.5) is 36.8 Å². The second-order valence-electron chi connectivity index (χ2n) is 11.3. The second-order valence-corrected chi connectivity index (χ2v) is 11.3. The molecule has 0 aliphatic carbocycles. The van der Waals surface area contributed by atoms with Gasteiger partial charge in [0.2, 0.25) is 11.8 Å². The van der Waals surface area contributed by atoms with Gasteiger partial charge < -0.3 is 20.3 Å². The molecule has 2 aromatic rings. The lowest BCUT2D eigenvalue weighted by Crippen LogP contribution is -2.56. The summed E-state index contributed by atoms with van der Waals surface area (Å²) in [5, 5.41) is 4.70. The van der Waals surface area contributed by atoms with E-state index in [0.29, 0.717) is 24.2 Å². The Kier molecular flexibility index (Phi) is 9.53. The van der Waals surface area contributed by atoms with Gasteiger partial charge in [0.25, 0.3) is 0 Å². The Hall–Kier alpha value is -3.77. The van der Waals surface area contributed by atoms with Gasteiger partial charge in [-0.15, -0.1) is 0 Å². The maximum absolute atomic E-state index is 13.8. The van der Waals surface area contributed by atoms with E-state index in [4.69, 9.17) is 4.74 Å². The largest absolute Gasteiger partial charge is 0.444 e. The van der Waals surface area contributed by atoms with E-state index in [9.17, 15) is 40.7 Å². The average molecular weight is 602 g/mol. The molecule has 2 N–H and O–H groups in total. The molecule has 42 heavy (non-hydrogen) atoms. The number of hydrogen-bond donors (Lipinski definition) is 2. The van der Waals surface area contributed by atoms with E-state index >= 15 is 0 Å². The van der Waals surface area contributed by atoms with Crippen molar-refractivity contribution in [1.82, 2.24) is 10.6 Å². The molecular weight excluding hydrogens is 568 g/mol. The lowest BCUT2D eigenvalue weighted by molar-refractivity contribution is -0.142. The number of hydrogen-bond acceptors (Lipinski definition) is 4. The monoisotopic (exact) mass is 601 g/mol. The first-order chi connectivity index (χ1) is 19.3. The summed E-state index contributed by atoms with van der Waals surface area (Å²) in [5.41, 5.74) is -3.18. The lowest BCUT2D eigenvalue weighted by atomic mass is 9.96. The highest BCUT2D eigenvalue weighted by Crippen LogP contribution is 2.37. The summed E-state index contributed by atoms with van der Waals surface area (Å²) >= 11 is 0. The molecule has 2 atom stereocenters. The minimum absolute atomic E-state index is 0.140. The Morgan fingerprint density at radius 1 is 1.00 bits per heavy atom. The quantitative estimate of drug-likeness (QED) is 0.396. The zero-order valence-corrected chi connectivity index (χ0v) is 23.7. The maximum Gasteiger partial charge on any atom is 0.416 e. The van der Waals surface area contributed by atoms with Gasteiger partial charge in [0.15, 0.2) is 0 Å². The summed E-state index contributed by atoms with van der Waals surface area (Å²) in [6.45, 7) is 8.09.